The summed E-state index contributed by atoms with van der Waals surface area (Å²) in [5, 5.41) is 6.37. The van der Waals surface area contributed by atoms with Gasteiger partial charge in [-0.05, 0) is 43.4 Å². The van der Waals surface area contributed by atoms with Crippen LogP contribution in [0, 0.1) is 5.82 Å². The number of likely N-dealkylation sites (N-methyl/N-ethyl adjacent to an activating group) is 1. The fourth-order valence-electron chi connectivity index (χ4n) is 3.30. The highest BCUT2D eigenvalue weighted by molar-refractivity contribution is 5.61. The van der Waals surface area contributed by atoms with Gasteiger partial charge >= 0.3 is 0 Å². The standard InChI is InChI=1S/C22H25FN6/c1-28-12-14-29(15-13-28)19-8-6-18(7-9-19)26-21-10-11-24-22(27-21)25-16-17-4-2-3-5-20(17)23/h2-11H,12-16H2,1H3,(H2,24,25,26,27). The lowest BCUT2D eigenvalue weighted by molar-refractivity contribution is 0.313. The zero-order valence-electron chi connectivity index (χ0n) is 16.5. The summed E-state index contributed by atoms with van der Waals surface area (Å²) >= 11 is 0. The Morgan fingerprint density at radius 1 is 0.966 bits per heavy atom. The van der Waals surface area contributed by atoms with Crippen molar-refractivity contribution in [2.24, 2.45) is 0 Å². The van der Waals surface area contributed by atoms with Gasteiger partial charge in [-0.1, -0.05) is 18.2 Å². The summed E-state index contributed by atoms with van der Waals surface area (Å²) in [6, 6.07) is 16.9. The van der Waals surface area contributed by atoms with Crippen LogP contribution in [0.1, 0.15) is 5.56 Å². The van der Waals surface area contributed by atoms with Gasteiger partial charge in [-0.25, -0.2) is 9.37 Å². The Morgan fingerprint density at radius 2 is 1.72 bits per heavy atom. The van der Waals surface area contributed by atoms with E-state index < -0.39 is 0 Å². The first-order valence-corrected chi connectivity index (χ1v) is 9.78. The van der Waals surface area contributed by atoms with E-state index >= 15 is 0 Å². The van der Waals surface area contributed by atoms with E-state index in [2.05, 4.69) is 61.7 Å². The number of nitrogens with zero attached hydrogens (tertiary/aromatic N) is 4. The minimum Gasteiger partial charge on any atom is -0.369 e. The molecule has 0 spiro atoms. The molecule has 1 aromatic heterocycles. The summed E-state index contributed by atoms with van der Waals surface area (Å²) in [5.41, 5.74) is 2.77. The van der Waals surface area contributed by atoms with Crippen LogP contribution in [0.25, 0.3) is 0 Å². The van der Waals surface area contributed by atoms with Gasteiger partial charge in [0.25, 0.3) is 0 Å². The number of halogens is 1. The number of rotatable bonds is 6. The van der Waals surface area contributed by atoms with Crippen molar-refractivity contribution in [3.63, 3.8) is 0 Å². The first-order chi connectivity index (χ1) is 14.2. The molecule has 2 heterocycles. The van der Waals surface area contributed by atoms with Gasteiger partial charge in [0, 0.05) is 55.9 Å². The summed E-state index contributed by atoms with van der Waals surface area (Å²) < 4.78 is 13.7. The van der Waals surface area contributed by atoms with Crippen LogP contribution in [-0.2, 0) is 6.54 Å². The number of nitrogens with one attached hydrogen (secondary N) is 2. The third-order valence-electron chi connectivity index (χ3n) is 5.06. The highest BCUT2D eigenvalue weighted by Gasteiger charge is 2.14. The van der Waals surface area contributed by atoms with Gasteiger partial charge in [0.05, 0.1) is 0 Å². The molecule has 2 N–H and O–H groups in total. The Kier molecular flexibility index (Phi) is 5.86. The Labute approximate surface area is 170 Å². The van der Waals surface area contributed by atoms with Gasteiger partial charge in [-0.2, -0.15) is 4.98 Å². The lowest BCUT2D eigenvalue weighted by Crippen LogP contribution is -2.44. The van der Waals surface area contributed by atoms with E-state index in [-0.39, 0.29) is 5.82 Å². The van der Waals surface area contributed by atoms with E-state index in [9.17, 15) is 4.39 Å². The van der Waals surface area contributed by atoms with E-state index in [1.54, 1.807) is 18.3 Å². The molecule has 150 valence electrons. The summed E-state index contributed by atoms with van der Waals surface area (Å²) in [6.07, 6.45) is 1.68. The fourth-order valence-corrected chi connectivity index (χ4v) is 3.30. The molecule has 0 atom stereocenters. The Morgan fingerprint density at radius 3 is 2.48 bits per heavy atom. The van der Waals surface area contributed by atoms with Crippen molar-refractivity contribution < 1.29 is 4.39 Å². The van der Waals surface area contributed by atoms with Gasteiger partial charge in [-0.3, -0.25) is 0 Å². The molecule has 4 rings (SSSR count). The third kappa shape index (κ3) is 5.00. The molecule has 2 aromatic carbocycles. The number of benzene rings is 2. The van der Waals surface area contributed by atoms with Gasteiger partial charge < -0.3 is 20.4 Å². The quantitative estimate of drug-likeness (QED) is 0.667. The van der Waals surface area contributed by atoms with E-state index in [1.807, 2.05) is 12.1 Å². The number of hydrogen-bond donors (Lipinski definition) is 2. The molecule has 1 saturated heterocycles. The molecular formula is C22H25FN6. The van der Waals surface area contributed by atoms with Crippen LogP contribution in [0.3, 0.4) is 0 Å². The van der Waals surface area contributed by atoms with Gasteiger partial charge in [0.1, 0.15) is 11.6 Å². The molecule has 0 saturated carbocycles. The van der Waals surface area contributed by atoms with Gasteiger partial charge in [0.15, 0.2) is 0 Å². The fraction of sp³-hybridized carbons (Fsp3) is 0.273. The number of piperazine rings is 1. The zero-order chi connectivity index (χ0) is 20.1. The smallest absolute Gasteiger partial charge is 0.224 e. The molecule has 7 heteroatoms. The second kappa shape index (κ2) is 8.87. The topological polar surface area (TPSA) is 56.3 Å². The second-order valence-corrected chi connectivity index (χ2v) is 7.17. The number of anilines is 4. The van der Waals surface area contributed by atoms with Crippen molar-refractivity contribution in [2.45, 2.75) is 6.54 Å². The zero-order valence-corrected chi connectivity index (χ0v) is 16.5. The van der Waals surface area contributed by atoms with E-state index in [0.717, 1.165) is 31.9 Å². The van der Waals surface area contributed by atoms with Crippen molar-refractivity contribution >= 4 is 23.1 Å². The molecular weight excluding hydrogens is 367 g/mol. The average molecular weight is 392 g/mol. The summed E-state index contributed by atoms with van der Waals surface area (Å²) in [6.45, 7) is 4.60. The summed E-state index contributed by atoms with van der Waals surface area (Å²) in [5.74, 6) is 0.894. The Bertz CT molecular complexity index is 938. The molecule has 0 unspecified atom stereocenters. The minimum atomic E-state index is -0.241. The van der Waals surface area contributed by atoms with E-state index in [0.29, 0.717) is 23.9 Å². The predicted molar refractivity (Wildman–Crippen MR) is 115 cm³/mol. The molecule has 1 aliphatic rings. The van der Waals surface area contributed by atoms with Crippen LogP contribution in [0.5, 0.6) is 0 Å². The van der Waals surface area contributed by atoms with E-state index in [4.69, 9.17) is 0 Å². The molecule has 0 amide bonds. The maximum atomic E-state index is 13.7. The Hall–Kier alpha value is -3.19. The van der Waals surface area contributed by atoms with E-state index in [1.165, 1.54) is 11.8 Å². The normalized spacial score (nSPS) is 14.6. The third-order valence-corrected chi connectivity index (χ3v) is 5.06. The van der Waals surface area contributed by atoms with Gasteiger partial charge in [0.2, 0.25) is 5.95 Å². The molecule has 0 radical (unpaired) electrons. The largest absolute Gasteiger partial charge is 0.369 e. The van der Waals surface area contributed by atoms with Crippen molar-refractivity contribution in [1.29, 1.82) is 0 Å². The first kappa shape index (κ1) is 19.1. The van der Waals surface area contributed by atoms with Crippen molar-refractivity contribution in [3.8, 4) is 0 Å². The first-order valence-electron chi connectivity index (χ1n) is 9.78. The van der Waals surface area contributed by atoms with Crippen LogP contribution in [0.15, 0.2) is 60.8 Å². The predicted octanol–water partition coefficient (Wildman–Crippen LogP) is 3.72. The highest BCUT2D eigenvalue weighted by Crippen LogP contribution is 2.21. The maximum absolute atomic E-state index is 13.7. The highest BCUT2D eigenvalue weighted by atomic mass is 19.1. The van der Waals surface area contributed by atoms with Crippen LogP contribution >= 0.6 is 0 Å². The minimum absolute atomic E-state index is 0.241. The summed E-state index contributed by atoms with van der Waals surface area (Å²) in [4.78, 5) is 13.4. The van der Waals surface area contributed by atoms with Crippen LogP contribution in [-0.4, -0.2) is 48.1 Å². The van der Waals surface area contributed by atoms with Crippen LogP contribution in [0.2, 0.25) is 0 Å². The second-order valence-electron chi connectivity index (χ2n) is 7.17. The molecule has 0 bridgehead atoms. The molecule has 1 aliphatic heterocycles. The van der Waals surface area contributed by atoms with Crippen LogP contribution < -0.4 is 15.5 Å². The average Bonchev–Trinajstić information content (AvgIpc) is 2.75. The van der Waals surface area contributed by atoms with Crippen molar-refractivity contribution in [3.05, 3.63) is 72.2 Å². The van der Waals surface area contributed by atoms with Crippen molar-refractivity contribution in [2.75, 3.05) is 48.8 Å². The lowest BCUT2D eigenvalue weighted by Gasteiger charge is -2.34. The van der Waals surface area contributed by atoms with Crippen molar-refractivity contribution in [1.82, 2.24) is 14.9 Å². The Balaban J connectivity index is 1.37. The van der Waals surface area contributed by atoms with Gasteiger partial charge in [-0.15, -0.1) is 0 Å². The molecule has 1 fully saturated rings. The molecule has 6 nitrogen and oxygen atoms in total. The molecule has 3 aromatic rings. The monoisotopic (exact) mass is 392 g/mol. The maximum Gasteiger partial charge on any atom is 0.224 e. The molecule has 29 heavy (non-hydrogen) atoms. The SMILES string of the molecule is CN1CCN(c2ccc(Nc3ccnc(NCc4ccccc4F)n3)cc2)CC1. The number of aromatic nitrogens is 2. The summed E-state index contributed by atoms with van der Waals surface area (Å²) in [7, 11) is 2.16. The molecule has 0 aliphatic carbocycles. The lowest BCUT2D eigenvalue weighted by atomic mass is 10.2. The van der Waals surface area contributed by atoms with Crippen LogP contribution in [0.4, 0.5) is 27.5 Å². The number of hydrogen-bond acceptors (Lipinski definition) is 6.